The number of hydrogen-bond donors (Lipinski definition) is 1. The van der Waals surface area contributed by atoms with E-state index in [1.807, 2.05) is 5.51 Å². The predicted molar refractivity (Wildman–Crippen MR) is 73.8 cm³/mol. The molecule has 1 spiro atoms. The highest BCUT2D eigenvalue weighted by Crippen LogP contribution is 2.38. The highest BCUT2D eigenvalue weighted by molar-refractivity contribution is 7.07. The second kappa shape index (κ2) is 5.65. The maximum absolute atomic E-state index is 4.38. The summed E-state index contributed by atoms with van der Waals surface area (Å²) in [5, 5.41) is 5.64. The number of nitrogens with zero attached hydrogens (tertiary/aromatic N) is 2. The molecule has 3 nitrogen and oxygen atoms in total. The number of likely N-dealkylation sites (tertiary alicyclic amines) is 1. The zero-order valence-corrected chi connectivity index (χ0v) is 11.7. The predicted octanol–water partition coefficient (Wildman–Crippen LogP) is 2.14. The van der Waals surface area contributed by atoms with Gasteiger partial charge in [-0.25, -0.2) is 4.98 Å². The van der Waals surface area contributed by atoms with Crippen molar-refractivity contribution in [3.05, 3.63) is 16.6 Å². The lowest BCUT2D eigenvalue weighted by molar-refractivity contribution is 0.193. The minimum atomic E-state index is 0. The molecule has 17 heavy (non-hydrogen) atoms. The lowest BCUT2D eigenvalue weighted by Crippen LogP contribution is -2.38. The first-order valence-electron chi connectivity index (χ1n) is 6.17. The molecule has 1 aromatic rings. The summed E-state index contributed by atoms with van der Waals surface area (Å²) in [5.41, 5.74) is 3.81. The van der Waals surface area contributed by atoms with E-state index in [0.717, 1.165) is 6.54 Å². The van der Waals surface area contributed by atoms with Crippen molar-refractivity contribution in [1.82, 2.24) is 15.2 Å². The third-order valence-corrected chi connectivity index (χ3v) is 4.69. The van der Waals surface area contributed by atoms with Crippen molar-refractivity contribution in [2.45, 2.75) is 25.8 Å². The first-order chi connectivity index (χ1) is 7.86. The minimum absolute atomic E-state index is 0. The molecule has 3 heterocycles. The van der Waals surface area contributed by atoms with Gasteiger partial charge >= 0.3 is 0 Å². The third-order valence-electron chi connectivity index (χ3n) is 4.05. The average molecular weight is 274 g/mol. The van der Waals surface area contributed by atoms with Crippen LogP contribution in [0.2, 0.25) is 0 Å². The summed E-state index contributed by atoms with van der Waals surface area (Å²) in [6, 6.07) is 0. The van der Waals surface area contributed by atoms with Crippen LogP contribution in [0.5, 0.6) is 0 Å². The van der Waals surface area contributed by atoms with E-state index >= 15 is 0 Å². The summed E-state index contributed by atoms with van der Waals surface area (Å²) in [6.45, 7) is 6.03. The van der Waals surface area contributed by atoms with Crippen LogP contribution in [0.1, 0.15) is 25.0 Å². The summed E-state index contributed by atoms with van der Waals surface area (Å²) < 4.78 is 0. The highest BCUT2D eigenvalue weighted by Gasteiger charge is 2.38. The standard InChI is InChI=1S/C12H19N3S.ClH/c1-4-13-5-2-12(1)3-6-15(9-12)7-11-8-16-10-14-11;/h8,10,13H,1-7,9H2;1H. The van der Waals surface area contributed by atoms with E-state index in [1.54, 1.807) is 11.3 Å². The molecule has 0 unspecified atom stereocenters. The van der Waals surface area contributed by atoms with E-state index in [-0.39, 0.29) is 12.4 Å². The van der Waals surface area contributed by atoms with Crippen molar-refractivity contribution in [2.24, 2.45) is 5.41 Å². The van der Waals surface area contributed by atoms with Crippen LogP contribution < -0.4 is 5.32 Å². The maximum atomic E-state index is 4.38. The van der Waals surface area contributed by atoms with Gasteiger partial charge in [-0.3, -0.25) is 4.90 Å². The van der Waals surface area contributed by atoms with Crippen LogP contribution in [0.25, 0.3) is 0 Å². The van der Waals surface area contributed by atoms with Gasteiger partial charge in [0, 0.05) is 18.5 Å². The van der Waals surface area contributed by atoms with Gasteiger partial charge in [-0.15, -0.1) is 23.7 Å². The van der Waals surface area contributed by atoms with E-state index in [2.05, 4.69) is 20.6 Å². The normalized spacial score (nSPS) is 23.8. The topological polar surface area (TPSA) is 28.2 Å². The molecule has 0 aliphatic carbocycles. The van der Waals surface area contributed by atoms with E-state index < -0.39 is 0 Å². The van der Waals surface area contributed by atoms with Gasteiger partial charge in [0.1, 0.15) is 0 Å². The Morgan fingerprint density at radius 1 is 1.35 bits per heavy atom. The lowest BCUT2D eigenvalue weighted by Gasteiger charge is -2.33. The molecule has 2 saturated heterocycles. The summed E-state index contributed by atoms with van der Waals surface area (Å²) >= 11 is 1.70. The average Bonchev–Trinajstić information content (AvgIpc) is 2.92. The monoisotopic (exact) mass is 273 g/mol. The Balaban J connectivity index is 0.00000108. The molecule has 0 aromatic carbocycles. The molecule has 0 bridgehead atoms. The van der Waals surface area contributed by atoms with E-state index in [9.17, 15) is 0 Å². The van der Waals surface area contributed by atoms with Gasteiger partial charge in [-0.1, -0.05) is 0 Å². The zero-order valence-electron chi connectivity index (χ0n) is 10.0. The molecular weight excluding hydrogens is 254 g/mol. The van der Waals surface area contributed by atoms with E-state index in [4.69, 9.17) is 0 Å². The van der Waals surface area contributed by atoms with Gasteiger partial charge in [0.2, 0.25) is 0 Å². The molecule has 1 N–H and O–H groups in total. The van der Waals surface area contributed by atoms with Crippen molar-refractivity contribution in [1.29, 1.82) is 0 Å². The Hall–Kier alpha value is -0.160. The van der Waals surface area contributed by atoms with Gasteiger partial charge in [-0.2, -0.15) is 0 Å². The fourth-order valence-corrected chi connectivity index (χ4v) is 3.62. The third kappa shape index (κ3) is 2.99. The van der Waals surface area contributed by atoms with Gasteiger partial charge < -0.3 is 5.32 Å². The van der Waals surface area contributed by atoms with Gasteiger partial charge in [0.05, 0.1) is 11.2 Å². The van der Waals surface area contributed by atoms with Crippen LogP contribution >= 0.6 is 23.7 Å². The highest BCUT2D eigenvalue weighted by atomic mass is 35.5. The molecule has 96 valence electrons. The van der Waals surface area contributed by atoms with Crippen LogP contribution in [-0.2, 0) is 6.54 Å². The zero-order chi connectivity index (χ0) is 10.8. The van der Waals surface area contributed by atoms with Crippen LogP contribution in [0.3, 0.4) is 0 Å². The molecule has 0 saturated carbocycles. The SMILES string of the molecule is Cl.c1nc(CN2CCC3(CCNCC3)C2)cs1. The smallest absolute Gasteiger partial charge is 0.0795 e. The lowest BCUT2D eigenvalue weighted by atomic mass is 9.78. The molecule has 0 amide bonds. The Kier molecular flexibility index (Phi) is 4.42. The Morgan fingerprint density at radius 3 is 2.88 bits per heavy atom. The number of halogens is 1. The van der Waals surface area contributed by atoms with Crippen molar-refractivity contribution in [3.63, 3.8) is 0 Å². The van der Waals surface area contributed by atoms with Crippen molar-refractivity contribution >= 4 is 23.7 Å². The molecule has 2 aliphatic heterocycles. The Morgan fingerprint density at radius 2 is 2.18 bits per heavy atom. The quantitative estimate of drug-likeness (QED) is 0.895. The number of piperidine rings is 1. The van der Waals surface area contributed by atoms with Crippen LogP contribution in [0.4, 0.5) is 0 Å². The first-order valence-corrected chi connectivity index (χ1v) is 7.11. The van der Waals surface area contributed by atoms with Crippen molar-refractivity contribution < 1.29 is 0 Å². The summed E-state index contributed by atoms with van der Waals surface area (Å²) in [6.07, 6.45) is 4.11. The molecule has 5 heteroatoms. The number of rotatable bonds is 2. The van der Waals surface area contributed by atoms with E-state index in [0.29, 0.717) is 5.41 Å². The molecule has 0 radical (unpaired) electrons. The molecule has 2 aliphatic rings. The van der Waals surface area contributed by atoms with Crippen molar-refractivity contribution in [2.75, 3.05) is 26.2 Å². The summed E-state index contributed by atoms with van der Waals surface area (Å²) in [7, 11) is 0. The van der Waals surface area contributed by atoms with Gasteiger partial charge in [0.25, 0.3) is 0 Å². The largest absolute Gasteiger partial charge is 0.317 e. The molecule has 3 rings (SSSR count). The number of thiazole rings is 1. The van der Waals surface area contributed by atoms with Crippen LogP contribution in [-0.4, -0.2) is 36.1 Å². The Bertz CT molecular complexity index is 336. The molecule has 0 atom stereocenters. The molecular formula is C12H20ClN3S. The van der Waals surface area contributed by atoms with Gasteiger partial charge in [0.15, 0.2) is 0 Å². The van der Waals surface area contributed by atoms with Crippen molar-refractivity contribution in [3.8, 4) is 0 Å². The fourth-order valence-electron chi connectivity index (χ4n) is 3.07. The first kappa shape index (κ1) is 13.3. The number of hydrogen-bond acceptors (Lipinski definition) is 4. The van der Waals surface area contributed by atoms with E-state index in [1.165, 1.54) is 51.1 Å². The maximum Gasteiger partial charge on any atom is 0.0795 e. The molecule has 1 aromatic heterocycles. The summed E-state index contributed by atoms with van der Waals surface area (Å²) in [5.74, 6) is 0. The number of aromatic nitrogens is 1. The number of nitrogens with one attached hydrogen (secondary N) is 1. The van der Waals surface area contributed by atoms with Crippen LogP contribution in [0.15, 0.2) is 10.9 Å². The Labute approximate surface area is 113 Å². The van der Waals surface area contributed by atoms with Gasteiger partial charge in [-0.05, 0) is 44.3 Å². The summed E-state index contributed by atoms with van der Waals surface area (Å²) in [4.78, 5) is 6.96. The minimum Gasteiger partial charge on any atom is -0.317 e. The molecule has 2 fully saturated rings. The second-order valence-corrected chi connectivity index (χ2v) is 5.91. The second-order valence-electron chi connectivity index (χ2n) is 5.19. The van der Waals surface area contributed by atoms with Crippen LogP contribution in [0, 0.1) is 5.41 Å². The fraction of sp³-hybridized carbons (Fsp3) is 0.750.